The van der Waals surface area contributed by atoms with E-state index in [1.807, 2.05) is 36.4 Å². The molecular weight excluding hydrogens is 302 g/mol. The number of aromatic nitrogens is 3. The van der Waals surface area contributed by atoms with Gasteiger partial charge in [-0.3, -0.25) is 4.98 Å². The second-order valence-corrected chi connectivity index (χ2v) is 5.63. The highest BCUT2D eigenvalue weighted by molar-refractivity contribution is 5.62. The van der Waals surface area contributed by atoms with Crippen LogP contribution in [0.25, 0.3) is 11.1 Å². The molecule has 2 atom stereocenters. The van der Waals surface area contributed by atoms with Crippen molar-refractivity contribution in [2.45, 2.75) is 25.6 Å². The largest absolute Gasteiger partial charge is 0.486 e. The maximum Gasteiger partial charge on any atom is 0.128 e. The van der Waals surface area contributed by atoms with E-state index >= 15 is 0 Å². The number of nitrogens with zero attached hydrogens (tertiary/aromatic N) is 3. The van der Waals surface area contributed by atoms with Gasteiger partial charge in [-0.2, -0.15) is 0 Å². The Morgan fingerprint density at radius 2 is 1.71 bits per heavy atom. The van der Waals surface area contributed by atoms with E-state index in [0.29, 0.717) is 6.42 Å². The zero-order chi connectivity index (χ0) is 16.8. The number of aliphatic hydroxyl groups excluding tert-OH is 1. The smallest absolute Gasteiger partial charge is 0.128 e. The fourth-order valence-electron chi connectivity index (χ4n) is 2.47. The van der Waals surface area contributed by atoms with Gasteiger partial charge in [-0.1, -0.05) is 18.2 Å². The molecule has 5 heteroatoms. The molecule has 2 heterocycles. The van der Waals surface area contributed by atoms with Crippen molar-refractivity contribution in [2.24, 2.45) is 0 Å². The summed E-state index contributed by atoms with van der Waals surface area (Å²) in [5.41, 5.74) is 2.92. The van der Waals surface area contributed by atoms with E-state index < -0.39 is 6.10 Å². The number of pyridine rings is 1. The Labute approximate surface area is 141 Å². The summed E-state index contributed by atoms with van der Waals surface area (Å²) in [6.45, 7) is 1.76. The maximum atomic E-state index is 9.74. The van der Waals surface area contributed by atoms with Gasteiger partial charge >= 0.3 is 0 Å². The minimum absolute atomic E-state index is 0.246. The molecule has 0 aliphatic carbocycles. The second kappa shape index (κ2) is 7.66. The minimum atomic E-state index is -0.462. The highest BCUT2D eigenvalue weighted by atomic mass is 16.5. The van der Waals surface area contributed by atoms with Gasteiger partial charge in [-0.25, -0.2) is 9.97 Å². The van der Waals surface area contributed by atoms with Crippen molar-refractivity contribution in [3.63, 3.8) is 0 Å². The number of benzene rings is 1. The summed E-state index contributed by atoms with van der Waals surface area (Å²) >= 11 is 0. The van der Waals surface area contributed by atoms with Crippen molar-refractivity contribution in [2.75, 3.05) is 0 Å². The Bertz CT molecular complexity index is 747. The first-order valence-electron chi connectivity index (χ1n) is 7.82. The monoisotopic (exact) mass is 321 g/mol. The van der Waals surface area contributed by atoms with Crippen LogP contribution in [-0.4, -0.2) is 26.2 Å². The van der Waals surface area contributed by atoms with Crippen molar-refractivity contribution in [1.29, 1.82) is 0 Å². The molecule has 2 aromatic heterocycles. The number of ether oxygens (including phenoxy) is 1. The lowest BCUT2D eigenvalue weighted by Gasteiger charge is -2.20. The van der Waals surface area contributed by atoms with Crippen LogP contribution in [0.3, 0.4) is 0 Å². The minimum Gasteiger partial charge on any atom is -0.486 e. The first kappa shape index (κ1) is 16.1. The lowest BCUT2D eigenvalue weighted by atomic mass is 10.1. The Balaban J connectivity index is 1.77. The van der Waals surface area contributed by atoms with Gasteiger partial charge in [0.2, 0.25) is 0 Å². The van der Waals surface area contributed by atoms with Crippen molar-refractivity contribution in [1.82, 2.24) is 15.0 Å². The zero-order valence-corrected chi connectivity index (χ0v) is 13.4. The highest BCUT2D eigenvalue weighted by Crippen LogP contribution is 2.27. The molecule has 0 aliphatic heterocycles. The van der Waals surface area contributed by atoms with Crippen molar-refractivity contribution < 1.29 is 9.84 Å². The van der Waals surface area contributed by atoms with Crippen LogP contribution in [0.5, 0.6) is 5.75 Å². The molecule has 5 nitrogen and oxygen atoms in total. The first-order valence-corrected chi connectivity index (χ1v) is 7.82. The number of hydrogen-bond donors (Lipinski definition) is 1. The SMILES string of the molecule is C[C@@H](O)CC(Oc1ccc(-c2cncnc2)cc1)c1cccnc1. The third kappa shape index (κ3) is 4.14. The number of rotatable bonds is 6. The van der Waals surface area contributed by atoms with Gasteiger partial charge in [-0.05, 0) is 30.7 Å². The Kier molecular flexibility index (Phi) is 5.13. The molecule has 0 aliphatic rings. The molecule has 0 amide bonds. The third-order valence-corrected chi connectivity index (χ3v) is 3.64. The third-order valence-electron chi connectivity index (χ3n) is 3.64. The lowest BCUT2D eigenvalue weighted by Crippen LogP contribution is -2.14. The molecule has 24 heavy (non-hydrogen) atoms. The Morgan fingerprint density at radius 3 is 2.33 bits per heavy atom. The van der Waals surface area contributed by atoms with Gasteiger partial charge in [0.1, 0.15) is 18.2 Å². The van der Waals surface area contributed by atoms with Gasteiger partial charge in [-0.15, -0.1) is 0 Å². The van der Waals surface area contributed by atoms with Gasteiger partial charge in [0, 0.05) is 42.3 Å². The summed E-state index contributed by atoms with van der Waals surface area (Å²) in [7, 11) is 0. The van der Waals surface area contributed by atoms with Gasteiger partial charge < -0.3 is 9.84 Å². The van der Waals surface area contributed by atoms with Crippen LogP contribution in [0.15, 0.2) is 67.5 Å². The van der Waals surface area contributed by atoms with Crippen LogP contribution in [0.4, 0.5) is 0 Å². The summed E-state index contributed by atoms with van der Waals surface area (Å²) in [6, 6.07) is 11.6. The van der Waals surface area contributed by atoms with Gasteiger partial charge in [0.05, 0.1) is 6.10 Å². The van der Waals surface area contributed by atoms with E-state index in [-0.39, 0.29) is 6.10 Å². The van der Waals surface area contributed by atoms with Crippen LogP contribution in [0, 0.1) is 0 Å². The number of hydrogen-bond acceptors (Lipinski definition) is 5. The normalized spacial score (nSPS) is 13.2. The topological polar surface area (TPSA) is 68.1 Å². The van der Waals surface area contributed by atoms with Crippen LogP contribution >= 0.6 is 0 Å². The quantitative estimate of drug-likeness (QED) is 0.753. The molecule has 0 saturated carbocycles. The molecular formula is C19H19N3O2. The molecule has 3 rings (SSSR count). The molecule has 122 valence electrons. The van der Waals surface area contributed by atoms with Crippen molar-refractivity contribution in [3.8, 4) is 16.9 Å². The standard InChI is InChI=1S/C19H19N3O2/c1-14(23)9-19(16-3-2-8-20-10-16)24-18-6-4-15(5-7-18)17-11-21-13-22-12-17/h2-8,10-14,19,23H,9H2,1H3/t14-,19?/m1/s1. The number of aliphatic hydroxyl groups is 1. The fraction of sp³-hybridized carbons (Fsp3) is 0.211. The molecule has 0 fully saturated rings. The van der Waals surface area contributed by atoms with E-state index in [0.717, 1.165) is 22.4 Å². The van der Waals surface area contributed by atoms with E-state index in [1.54, 1.807) is 31.7 Å². The Hall–Kier alpha value is -2.79. The van der Waals surface area contributed by atoms with Crippen LogP contribution in [0.1, 0.15) is 25.0 Å². The van der Waals surface area contributed by atoms with E-state index in [1.165, 1.54) is 6.33 Å². The van der Waals surface area contributed by atoms with Gasteiger partial charge in [0.25, 0.3) is 0 Å². The predicted molar refractivity (Wildman–Crippen MR) is 91.4 cm³/mol. The fourth-order valence-corrected chi connectivity index (χ4v) is 2.47. The molecule has 1 N–H and O–H groups in total. The van der Waals surface area contributed by atoms with Crippen LogP contribution in [0.2, 0.25) is 0 Å². The van der Waals surface area contributed by atoms with Crippen LogP contribution < -0.4 is 4.74 Å². The molecule has 3 aromatic rings. The average molecular weight is 321 g/mol. The molecule has 0 radical (unpaired) electrons. The van der Waals surface area contributed by atoms with E-state index in [2.05, 4.69) is 15.0 Å². The zero-order valence-electron chi connectivity index (χ0n) is 13.4. The summed E-state index contributed by atoms with van der Waals surface area (Å²) in [4.78, 5) is 12.2. The van der Waals surface area contributed by atoms with Crippen molar-refractivity contribution >= 4 is 0 Å². The van der Waals surface area contributed by atoms with E-state index in [4.69, 9.17) is 4.74 Å². The average Bonchev–Trinajstić information content (AvgIpc) is 2.63. The van der Waals surface area contributed by atoms with E-state index in [9.17, 15) is 5.11 Å². The predicted octanol–water partition coefficient (Wildman–Crippen LogP) is 3.43. The lowest BCUT2D eigenvalue weighted by molar-refractivity contribution is 0.106. The summed E-state index contributed by atoms with van der Waals surface area (Å²) in [6.07, 6.45) is 8.34. The molecule has 1 unspecified atom stereocenters. The Morgan fingerprint density at radius 1 is 0.958 bits per heavy atom. The molecule has 1 aromatic carbocycles. The molecule has 0 bridgehead atoms. The molecule has 0 spiro atoms. The summed E-state index contributed by atoms with van der Waals surface area (Å²) < 4.78 is 6.07. The highest BCUT2D eigenvalue weighted by Gasteiger charge is 2.16. The summed E-state index contributed by atoms with van der Waals surface area (Å²) in [5.74, 6) is 0.741. The first-order chi connectivity index (χ1) is 11.7. The summed E-state index contributed by atoms with van der Waals surface area (Å²) in [5, 5.41) is 9.74. The van der Waals surface area contributed by atoms with Crippen LogP contribution in [-0.2, 0) is 0 Å². The maximum absolute atomic E-state index is 9.74. The molecule has 0 saturated heterocycles. The van der Waals surface area contributed by atoms with Gasteiger partial charge in [0.15, 0.2) is 0 Å². The second-order valence-electron chi connectivity index (χ2n) is 5.63. The van der Waals surface area contributed by atoms with Crippen molar-refractivity contribution in [3.05, 3.63) is 73.1 Å².